The number of benzene rings is 1. The lowest BCUT2D eigenvalue weighted by Gasteiger charge is -2.40. The van der Waals surface area contributed by atoms with E-state index in [-0.39, 0.29) is 36.6 Å². The minimum Gasteiger partial charge on any atom is -0.370 e. The first-order valence-corrected chi connectivity index (χ1v) is 7.55. The fourth-order valence-corrected chi connectivity index (χ4v) is 2.84. The molecule has 0 aliphatic carbocycles. The summed E-state index contributed by atoms with van der Waals surface area (Å²) >= 11 is 0. The number of hydrogen-bond acceptors (Lipinski definition) is 4. The molecule has 122 valence electrons. The lowest BCUT2D eigenvalue weighted by atomic mass is 10.1. The molecule has 0 saturated carbocycles. The van der Waals surface area contributed by atoms with Gasteiger partial charge in [-0.25, -0.2) is 0 Å². The Balaban J connectivity index is 0.00000176. The maximum atomic E-state index is 12.6. The van der Waals surface area contributed by atoms with Crippen LogP contribution in [0.25, 0.3) is 0 Å². The zero-order valence-electron chi connectivity index (χ0n) is 12.7. The molecule has 0 aromatic heterocycles. The summed E-state index contributed by atoms with van der Waals surface area (Å²) in [5.41, 5.74) is 1.12. The minimum atomic E-state index is -0.365. The number of nitrogens with zero attached hydrogens (tertiary/aromatic N) is 1. The average molecular weight is 327 g/mol. The van der Waals surface area contributed by atoms with Crippen LogP contribution >= 0.6 is 12.4 Å². The van der Waals surface area contributed by atoms with Crippen molar-refractivity contribution in [2.45, 2.75) is 25.2 Å². The Morgan fingerprint density at radius 3 is 2.73 bits per heavy atom. The first kappa shape index (κ1) is 17.2. The number of carbonyl (C=O) groups is 1. The van der Waals surface area contributed by atoms with Gasteiger partial charge < -0.3 is 19.7 Å². The standard InChI is InChI=1S/C16H22N2O3.ClH/c1-12-11-21-15(13-5-3-2-4-6-13)10-18(12)16(19)14-9-17-7-8-20-14;/h2-6,12,14-15,17H,7-11H2,1H3;1H. The molecule has 2 aliphatic rings. The zero-order chi connectivity index (χ0) is 14.7. The third-order valence-corrected chi connectivity index (χ3v) is 4.09. The molecule has 1 aromatic carbocycles. The van der Waals surface area contributed by atoms with Crippen molar-refractivity contribution >= 4 is 18.3 Å². The number of hydrogen-bond donors (Lipinski definition) is 1. The van der Waals surface area contributed by atoms with Crippen LogP contribution in [0.1, 0.15) is 18.6 Å². The topological polar surface area (TPSA) is 50.8 Å². The summed E-state index contributed by atoms with van der Waals surface area (Å²) in [5, 5.41) is 3.21. The molecular weight excluding hydrogens is 304 g/mol. The van der Waals surface area contributed by atoms with Gasteiger partial charge in [0.05, 0.1) is 25.8 Å². The summed E-state index contributed by atoms with van der Waals surface area (Å²) in [6.45, 7) is 5.18. The van der Waals surface area contributed by atoms with Gasteiger partial charge in [-0.15, -0.1) is 12.4 Å². The molecule has 0 radical (unpaired) electrons. The van der Waals surface area contributed by atoms with Crippen molar-refractivity contribution in [1.82, 2.24) is 10.2 Å². The van der Waals surface area contributed by atoms with E-state index in [1.54, 1.807) is 0 Å². The monoisotopic (exact) mass is 326 g/mol. The summed E-state index contributed by atoms with van der Waals surface area (Å²) in [5.74, 6) is 0.0685. The Hall–Kier alpha value is -1.14. The fraction of sp³-hybridized carbons (Fsp3) is 0.562. The molecule has 0 spiro atoms. The Labute approximate surface area is 137 Å². The van der Waals surface area contributed by atoms with Gasteiger partial charge in [-0.05, 0) is 12.5 Å². The molecule has 3 unspecified atom stereocenters. The van der Waals surface area contributed by atoms with E-state index in [4.69, 9.17) is 9.47 Å². The molecule has 2 heterocycles. The van der Waals surface area contributed by atoms with Crippen LogP contribution in [0.2, 0.25) is 0 Å². The van der Waals surface area contributed by atoms with E-state index in [9.17, 15) is 4.79 Å². The van der Waals surface area contributed by atoms with Crippen LogP contribution in [0.3, 0.4) is 0 Å². The third-order valence-electron chi connectivity index (χ3n) is 4.09. The van der Waals surface area contributed by atoms with E-state index >= 15 is 0 Å². The lowest BCUT2D eigenvalue weighted by Crippen LogP contribution is -2.55. The summed E-state index contributed by atoms with van der Waals surface area (Å²) in [6.07, 6.45) is -0.418. The second-order valence-corrected chi connectivity index (χ2v) is 5.64. The number of ether oxygens (including phenoxy) is 2. The number of rotatable bonds is 2. The fourth-order valence-electron chi connectivity index (χ4n) is 2.84. The predicted octanol–water partition coefficient (Wildman–Crippen LogP) is 1.39. The van der Waals surface area contributed by atoms with Gasteiger partial charge in [-0.3, -0.25) is 4.79 Å². The Morgan fingerprint density at radius 2 is 2.05 bits per heavy atom. The van der Waals surface area contributed by atoms with Gasteiger partial charge in [0, 0.05) is 13.1 Å². The molecule has 3 rings (SSSR count). The SMILES string of the molecule is CC1COC(c2ccccc2)CN1C(=O)C1CNCCO1.Cl. The first-order chi connectivity index (χ1) is 10.3. The highest BCUT2D eigenvalue weighted by Gasteiger charge is 2.35. The molecule has 1 N–H and O–H groups in total. The highest BCUT2D eigenvalue weighted by Crippen LogP contribution is 2.25. The lowest BCUT2D eigenvalue weighted by molar-refractivity contribution is -0.157. The van der Waals surface area contributed by atoms with Crippen molar-refractivity contribution in [1.29, 1.82) is 0 Å². The average Bonchev–Trinajstić information content (AvgIpc) is 2.56. The maximum absolute atomic E-state index is 12.6. The van der Waals surface area contributed by atoms with Crippen LogP contribution in [-0.2, 0) is 14.3 Å². The second kappa shape index (κ2) is 7.92. The van der Waals surface area contributed by atoms with Gasteiger partial charge in [0.15, 0.2) is 0 Å². The third kappa shape index (κ3) is 3.79. The predicted molar refractivity (Wildman–Crippen MR) is 86.2 cm³/mol. The summed E-state index contributed by atoms with van der Waals surface area (Å²) < 4.78 is 11.5. The van der Waals surface area contributed by atoms with Crippen LogP contribution < -0.4 is 5.32 Å². The smallest absolute Gasteiger partial charge is 0.253 e. The second-order valence-electron chi connectivity index (χ2n) is 5.64. The normalized spacial score (nSPS) is 28.8. The molecule has 22 heavy (non-hydrogen) atoms. The molecular formula is C16H23ClN2O3. The van der Waals surface area contributed by atoms with Crippen LogP contribution in [0.5, 0.6) is 0 Å². The van der Waals surface area contributed by atoms with Gasteiger partial charge in [-0.1, -0.05) is 30.3 Å². The van der Waals surface area contributed by atoms with Crippen molar-refractivity contribution in [3.05, 3.63) is 35.9 Å². The number of carbonyl (C=O) groups excluding carboxylic acids is 1. The minimum absolute atomic E-state index is 0. The Bertz CT molecular complexity index is 480. The number of nitrogens with one attached hydrogen (secondary N) is 1. The van der Waals surface area contributed by atoms with Crippen LogP contribution in [0.15, 0.2) is 30.3 Å². The molecule has 2 aliphatic heterocycles. The molecule has 3 atom stereocenters. The Kier molecular flexibility index (Phi) is 6.20. The largest absolute Gasteiger partial charge is 0.370 e. The van der Waals surface area contributed by atoms with Crippen LogP contribution in [0, 0.1) is 0 Å². The van der Waals surface area contributed by atoms with E-state index in [1.807, 2.05) is 42.2 Å². The van der Waals surface area contributed by atoms with E-state index < -0.39 is 0 Å². The molecule has 0 bridgehead atoms. The van der Waals surface area contributed by atoms with E-state index in [0.29, 0.717) is 26.3 Å². The number of halogens is 1. The van der Waals surface area contributed by atoms with E-state index in [2.05, 4.69) is 5.32 Å². The zero-order valence-corrected chi connectivity index (χ0v) is 13.6. The highest BCUT2D eigenvalue weighted by molar-refractivity contribution is 5.85. The van der Waals surface area contributed by atoms with Crippen LogP contribution in [-0.4, -0.2) is 55.8 Å². The Morgan fingerprint density at radius 1 is 1.27 bits per heavy atom. The van der Waals surface area contributed by atoms with Crippen molar-refractivity contribution in [2.24, 2.45) is 0 Å². The molecule has 5 nitrogen and oxygen atoms in total. The van der Waals surface area contributed by atoms with Gasteiger partial charge in [0.25, 0.3) is 5.91 Å². The van der Waals surface area contributed by atoms with Crippen molar-refractivity contribution in [3.8, 4) is 0 Å². The molecule has 2 fully saturated rings. The van der Waals surface area contributed by atoms with Crippen LogP contribution in [0.4, 0.5) is 0 Å². The van der Waals surface area contributed by atoms with E-state index in [0.717, 1.165) is 12.1 Å². The summed E-state index contributed by atoms with van der Waals surface area (Å²) in [6, 6.07) is 10.2. The van der Waals surface area contributed by atoms with Gasteiger partial charge in [-0.2, -0.15) is 0 Å². The molecule has 1 aromatic rings. The highest BCUT2D eigenvalue weighted by atomic mass is 35.5. The van der Waals surface area contributed by atoms with Gasteiger partial charge in [0.2, 0.25) is 0 Å². The molecule has 1 amide bonds. The quantitative estimate of drug-likeness (QED) is 0.892. The van der Waals surface area contributed by atoms with Crippen molar-refractivity contribution in [2.75, 3.05) is 32.8 Å². The number of amides is 1. The van der Waals surface area contributed by atoms with E-state index in [1.165, 1.54) is 0 Å². The first-order valence-electron chi connectivity index (χ1n) is 7.55. The van der Waals surface area contributed by atoms with Crippen molar-refractivity contribution in [3.63, 3.8) is 0 Å². The molecule has 2 saturated heterocycles. The summed E-state index contributed by atoms with van der Waals surface area (Å²) in [7, 11) is 0. The maximum Gasteiger partial charge on any atom is 0.253 e. The number of morpholine rings is 2. The van der Waals surface area contributed by atoms with Gasteiger partial charge in [0.1, 0.15) is 12.2 Å². The van der Waals surface area contributed by atoms with Gasteiger partial charge >= 0.3 is 0 Å². The van der Waals surface area contributed by atoms with Crippen molar-refractivity contribution < 1.29 is 14.3 Å². The summed E-state index contributed by atoms with van der Waals surface area (Å²) in [4.78, 5) is 14.5. The molecule has 6 heteroatoms.